The van der Waals surface area contributed by atoms with E-state index in [1.54, 1.807) is 7.11 Å². The second-order valence-corrected chi connectivity index (χ2v) is 5.41. The molecule has 0 saturated heterocycles. The number of aliphatic hydroxyl groups excluding tert-OH is 1. The second-order valence-electron chi connectivity index (χ2n) is 5.41. The Hall–Kier alpha value is -1.06. The molecule has 0 radical (unpaired) electrons. The summed E-state index contributed by atoms with van der Waals surface area (Å²) in [4.78, 5) is 2.23. The molecule has 1 unspecified atom stereocenters. The van der Waals surface area contributed by atoms with Crippen molar-refractivity contribution in [2.45, 2.75) is 39.7 Å². The van der Waals surface area contributed by atoms with Crippen molar-refractivity contribution in [2.75, 3.05) is 27.8 Å². The van der Waals surface area contributed by atoms with E-state index in [4.69, 9.17) is 9.84 Å². The van der Waals surface area contributed by atoms with Crippen molar-refractivity contribution in [2.24, 2.45) is 0 Å². The fraction of sp³-hybridized carbons (Fsp3) is 0.625. The molecule has 0 aliphatic heterocycles. The van der Waals surface area contributed by atoms with Crippen LogP contribution in [-0.2, 0) is 0 Å². The lowest BCUT2D eigenvalue weighted by Crippen LogP contribution is -2.21. The quantitative estimate of drug-likeness (QED) is 0.858. The molecule has 1 aromatic rings. The Morgan fingerprint density at radius 3 is 2.32 bits per heavy atom. The Balaban J connectivity index is 3.24. The van der Waals surface area contributed by atoms with Gasteiger partial charge < -0.3 is 14.7 Å². The molecule has 1 N–H and O–H groups in total. The van der Waals surface area contributed by atoms with E-state index < -0.39 is 0 Å². The molecular weight excluding hydrogens is 238 g/mol. The molecular formula is C16H27NO2. The summed E-state index contributed by atoms with van der Waals surface area (Å²) in [6, 6.07) is 2.57. The molecule has 0 heterocycles. The molecule has 0 saturated carbocycles. The summed E-state index contributed by atoms with van der Waals surface area (Å²) < 4.78 is 5.48. The van der Waals surface area contributed by atoms with Crippen LogP contribution in [0.5, 0.6) is 5.75 Å². The van der Waals surface area contributed by atoms with E-state index in [0.29, 0.717) is 6.04 Å². The molecule has 3 heteroatoms. The third-order valence-corrected chi connectivity index (χ3v) is 3.89. The summed E-state index contributed by atoms with van der Waals surface area (Å²) in [5.41, 5.74) is 5.03. The number of hydrogen-bond acceptors (Lipinski definition) is 3. The van der Waals surface area contributed by atoms with Gasteiger partial charge in [-0.15, -0.1) is 0 Å². The number of aryl methyl sites for hydroxylation is 1. The molecule has 108 valence electrons. The number of benzene rings is 1. The first-order valence-corrected chi connectivity index (χ1v) is 6.86. The lowest BCUT2D eigenvalue weighted by atomic mass is 9.91. The first kappa shape index (κ1) is 16.0. The third-order valence-electron chi connectivity index (χ3n) is 3.89. The zero-order valence-corrected chi connectivity index (χ0v) is 13.1. The molecule has 1 aromatic carbocycles. The Morgan fingerprint density at radius 2 is 1.84 bits per heavy atom. The van der Waals surface area contributed by atoms with Crippen molar-refractivity contribution < 1.29 is 9.84 Å². The summed E-state index contributed by atoms with van der Waals surface area (Å²) in [5, 5.41) is 9.07. The second kappa shape index (κ2) is 6.92. The summed E-state index contributed by atoms with van der Waals surface area (Å²) in [5.74, 6) is 0.987. The van der Waals surface area contributed by atoms with E-state index in [9.17, 15) is 0 Å². The first-order chi connectivity index (χ1) is 8.93. The average molecular weight is 265 g/mol. The fourth-order valence-corrected chi connectivity index (χ4v) is 2.73. The van der Waals surface area contributed by atoms with Gasteiger partial charge in [-0.2, -0.15) is 0 Å². The topological polar surface area (TPSA) is 32.7 Å². The normalized spacial score (nSPS) is 12.8. The van der Waals surface area contributed by atoms with Crippen LogP contribution < -0.4 is 4.74 Å². The zero-order valence-electron chi connectivity index (χ0n) is 13.1. The minimum absolute atomic E-state index is 0.248. The van der Waals surface area contributed by atoms with E-state index in [1.807, 2.05) is 0 Å². The molecule has 0 aliphatic carbocycles. The van der Waals surface area contributed by atoms with Gasteiger partial charge in [-0.25, -0.2) is 0 Å². The van der Waals surface area contributed by atoms with Gasteiger partial charge >= 0.3 is 0 Å². The SMILES string of the molecule is COc1c(C)cc(C(CCCO)N(C)C)c(C)c1C. The van der Waals surface area contributed by atoms with E-state index >= 15 is 0 Å². The summed E-state index contributed by atoms with van der Waals surface area (Å²) >= 11 is 0. The molecule has 0 aromatic heterocycles. The first-order valence-electron chi connectivity index (χ1n) is 6.86. The monoisotopic (exact) mass is 265 g/mol. The van der Waals surface area contributed by atoms with Gasteiger partial charge in [0.05, 0.1) is 7.11 Å². The van der Waals surface area contributed by atoms with Crippen LogP contribution in [0.3, 0.4) is 0 Å². The number of nitrogens with zero attached hydrogens (tertiary/aromatic N) is 1. The van der Waals surface area contributed by atoms with Crippen molar-refractivity contribution in [3.8, 4) is 5.75 Å². The van der Waals surface area contributed by atoms with E-state index in [0.717, 1.165) is 18.6 Å². The van der Waals surface area contributed by atoms with Crippen LogP contribution >= 0.6 is 0 Å². The maximum absolute atomic E-state index is 9.07. The van der Waals surface area contributed by atoms with E-state index in [2.05, 4.69) is 45.8 Å². The average Bonchev–Trinajstić information content (AvgIpc) is 2.35. The molecule has 1 rings (SSSR count). The maximum Gasteiger partial charge on any atom is 0.124 e. The van der Waals surface area contributed by atoms with Crippen molar-refractivity contribution >= 4 is 0 Å². The molecule has 19 heavy (non-hydrogen) atoms. The number of rotatable bonds is 6. The Morgan fingerprint density at radius 1 is 1.21 bits per heavy atom. The van der Waals surface area contributed by atoms with Crippen molar-refractivity contribution in [3.05, 3.63) is 28.3 Å². The Bertz CT molecular complexity index is 427. The van der Waals surface area contributed by atoms with Gasteiger partial charge in [0.15, 0.2) is 0 Å². The lowest BCUT2D eigenvalue weighted by Gasteiger charge is -2.28. The van der Waals surface area contributed by atoms with Crippen molar-refractivity contribution in [1.29, 1.82) is 0 Å². The molecule has 0 aliphatic rings. The highest BCUT2D eigenvalue weighted by Gasteiger charge is 2.19. The Labute approximate surface area is 117 Å². The number of methoxy groups -OCH3 is 1. The summed E-state index contributed by atoms with van der Waals surface area (Å²) in [6.07, 6.45) is 1.79. The van der Waals surface area contributed by atoms with Gasteiger partial charge in [0.25, 0.3) is 0 Å². The van der Waals surface area contributed by atoms with E-state index in [-0.39, 0.29) is 6.61 Å². The van der Waals surface area contributed by atoms with Gasteiger partial charge in [0.2, 0.25) is 0 Å². The van der Waals surface area contributed by atoms with Crippen LogP contribution in [0.15, 0.2) is 6.07 Å². The number of hydrogen-bond donors (Lipinski definition) is 1. The van der Waals surface area contributed by atoms with Crippen LogP contribution in [-0.4, -0.2) is 37.8 Å². The maximum atomic E-state index is 9.07. The van der Waals surface area contributed by atoms with Gasteiger partial charge in [-0.1, -0.05) is 6.07 Å². The predicted molar refractivity (Wildman–Crippen MR) is 80.0 cm³/mol. The Kier molecular flexibility index (Phi) is 5.83. The highest BCUT2D eigenvalue weighted by Crippen LogP contribution is 2.34. The summed E-state index contributed by atoms with van der Waals surface area (Å²) in [6.45, 7) is 6.61. The summed E-state index contributed by atoms with van der Waals surface area (Å²) in [7, 11) is 5.91. The minimum Gasteiger partial charge on any atom is -0.496 e. The van der Waals surface area contributed by atoms with Crippen molar-refractivity contribution in [3.63, 3.8) is 0 Å². The van der Waals surface area contributed by atoms with Gasteiger partial charge in [0, 0.05) is 12.6 Å². The van der Waals surface area contributed by atoms with Gasteiger partial charge in [0.1, 0.15) is 5.75 Å². The molecule has 3 nitrogen and oxygen atoms in total. The standard InChI is InChI=1S/C16H27NO2/c1-11-10-14(12(2)13(3)16(11)19-6)15(17(4)5)8-7-9-18/h10,15,18H,7-9H2,1-6H3. The van der Waals surface area contributed by atoms with Crippen LogP contribution in [0, 0.1) is 20.8 Å². The van der Waals surface area contributed by atoms with Crippen molar-refractivity contribution in [1.82, 2.24) is 4.90 Å². The minimum atomic E-state index is 0.248. The smallest absolute Gasteiger partial charge is 0.124 e. The van der Waals surface area contributed by atoms with Crippen LogP contribution in [0.25, 0.3) is 0 Å². The highest BCUT2D eigenvalue weighted by molar-refractivity contribution is 5.50. The molecule has 0 spiro atoms. The third kappa shape index (κ3) is 3.48. The van der Waals surface area contributed by atoms with E-state index in [1.165, 1.54) is 22.3 Å². The number of aliphatic hydroxyl groups is 1. The molecule has 0 bridgehead atoms. The fourth-order valence-electron chi connectivity index (χ4n) is 2.73. The van der Waals surface area contributed by atoms with Crippen LogP contribution in [0.2, 0.25) is 0 Å². The highest BCUT2D eigenvalue weighted by atomic mass is 16.5. The molecule has 0 amide bonds. The predicted octanol–water partition coefficient (Wildman–Crippen LogP) is 3.00. The van der Waals surface area contributed by atoms with Gasteiger partial charge in [-0.05, 0) is 70.0 Å². The lowest BCUT2D eigenvalue weighted by molar-refractivity contribution is 0.234. The van der Waals surface area contributed by atoms with Crippen LogP contribution in [0.4, 0.5) is 0 Å². The number of ether oxygens (including phenoxy) is 1. The van der Waals surface area contributed by atoms with Gasteiger partial charge in [-0.3, -0.25) is 0 Å². The largest absolute Gasteiger partial charge is 0.496 e. The van der Waals surface area contributed by atoms with Crippen LogP contribution in [0.1, 0.15) is 41.1 Å². The molecule has 1 atom stereocenters. The zero-order chi connectivity index (χ0) is 14.6. The molecule has 0 fully saturated rings.